The van der Waals surface area contributed by atoms with Gasteiger partial charge in [0.25, 0.3) is 0 Å². The summed E-state index contributed by atoms with van der Waals surface area (Å²) in [7, 11) is 0. The molecule has 1 aromatic heterocycles. The Hall–Kier alpha value is -1.57. The molecule has 5 nitrogen and oxygen atoms in total. The molecule has 2 fully saturated rings. The van der Waals surface area contributed by atoms with Gasteiger partial charge < -0.3 is 15.4 Å². The van der Waals surface area contributed by atoms with Gasteiger partial charge in [0, 0.05) is 25.0 Å². The summed E-state index contributed by atoms with van der Waals surface area (Å²) in [6.45, 7) is 2.94. The van der Waals surface area contributed by atoms with E-state index >= 15 is 0 Å². The Labute approximate surface area is 135 Å². The van der Waals surface area contributed by atoms with Crippen LogP contribution in [0.25, 0.3) is 0 Å². The Morgan fingerprint density at radius 1 is 1.27 bits per heavy atom. The number of benzene rings is 1. The van der Waals surface area contributed by atoms with Gasteiger partial charge in [0.05, 0.1) is 16.7 Å². The molecule has 22 heavy (non-hydrogen) atoms. The highest BCUT2D eigenvalue weighted by atomic mass is 79.9. The van der Waals surface area contributed by atoms with E-state index in [2.05, 4.69) is 36.5 Å². The molecule has 2 aliphatic rings. The van der Waals surface area contributed by atoms with E-state index in [1.165, 1.54) is 18.5 Å². The molecule has 114 valence electrons. The molecule has 0 amide bonds. The fourth-order valence-electron chi connectivity index (χ4n) is 2.95. The zero-order chi connectivity index (χ0) is 15.2. The van der Waals surface area contributed by atoms with Crippen molar-refractivity contribution in [3.8, 4) is 11.5 Å². The van der Waals surface area contributed by atoms with Crippen LogP contribution >= 0.6 is 15.9 Å². The lowest BCUT2D eigenvalue weighted by Crippen LogP contribution is -2.71. The van der Waals surface area contributed by atoms with E-state index in [1.54, 1.807) is 12.3 Å². The zero-order valence-electron chi connectivity index (χ0n) is 11.6. The molecule has 1 unspecified atom stereocenters. The molecule has 0 radical (unpaired) electrons. The van der Waals surface area contributed by atoms with E-state index in [0.29, 0.717) is 16.0 Å². The quantitative estimate of drug-likeness (QED) is 0.875. The Morgan fingerprint density at radius 3 is 2.77 bits per heavy atom. The highest BCUT2D eigenvalue weighted by molar-refractivity contribution is 9.10. The number of aromatic nitrogens is 2. The number of halogens is 2. The molecule has 2 N–H and O–H groups in total. The predicted molar refractivity (Wildman–Crippen MR) is 82.3 cm³/mol. The number of rotatable bonds is 3. The summed E-state index contributed by atoms with van der Waals surface area (Å²) in [4.78, 5) is 8.46. The Bertz CT molecular complexity index is 717. The van der Waals surface area contributed by atoms with Gasteiger partial charge in [-0.05, 0) is 34.1 Å². The molecule has 0 aliphatic carbocycles. The van der Waals surface area contributed by atoms with E-state index in [-0.39, 0.29) is 17.3 Å². The number of hydrogen-bond donors (Lipinski definition) is 2. The van der Waals surface area contributed by atoms with Gasteiger partial charge in [-0.25, -0.2) is 14.4 Å². The van der Waals surface area contributed by atoms with Crippen LogP contribution < -0.4 is 15.4 Å². The standard InChI is InChI=1S/C15H14BrFN4O/c16-10-3-9(17)1-2-11(10)22-12-4-18-8-21-13(12)14-15(7-20-14)5-19-6-15/h1-4,8,14,19-20H,5-7H2. The highest BCUT2D eigenvalue weighted by Crippen LogP contribution is 2.46. The van der Waals surface area contributed by atoms with Gasteiger partial charge in [-0.2, -0.15) is 0 Å². The van der Waals surface area contributed by atoms with Crippen molar-refractivity contribution in [1.29, 1.82) is 0 Å². The van der Waals surface area contributed by atoms with Gasteiger partial charge in [-0.15, -0.1) is 0 Å². The highest BCUT2D eigenvalue weighted by Gasteiger charge is 2.53. The van der Waals surface area contributed by atoms with Gasteiger partial charge in [-0.3, -0.25) is 0 Å². The van der Waals surface area contributed by atoms with E-state index in [1.807, 2.05) is 0 Å². The summed E-state index contributed by atoms with van der Waals surface area (Å²) in [6.07, 6.45) is 3.18. The molecule has 0 saturated carbocycles. The van der Waals surface area contributed by atoms with Gasteiger partial charge in [0.15, 0.2) is 5.75 Å². The molecule has 7 heteroatoms. The first-order valence-electron chi connectivity index (χ1n) is 7.05. The molecule has 1 atom stereocenters. The molecule has 2 aliphatic heterocycles. The molecular formula is C15H14BrFN4O. The monoisotopic (exact) mass is 364 g/mol. The van der Waals surface area contributed by atoms with Crippen LogP contribution in [0.5, 0.6) is 11.5 Å². The minimum Gasteiger partial charge on any atom is -0.453 e. The molecule has 4 rings (SSSR count). The third-order valence-corrected chi connectivity index (χ3v) is 4.94. The second kappa shape index (κ2) is 5.26. The van der Waals surface area contributed by atoms with Crippen molar-refractivity contribution in [2.24, 2.45) is 5.41 Å². The average Bonchev–Trinajstić information content (AvgIpc) is 2.41. The third-order valence-electron chi connectivity index (χ3n) is 4.32. The lowest BCUT2D eigenvalue weighted by molar-refractivity contribution is 0.0172. The van der Waals surface area contributed by atoms with Crippen LogP contribution in [0.4, 0.5) is 4.39 Å². The molecule has 1 spiro atoms. The van der Waals surface area contributed by atoms with Crippen molar-refractivity contribution in [1.82, 2.24) is 20.6 Å². The first-order valence-corrected chi connectivity index (χ1v) is 7.84. The van der Waals surface area contributed by atoms with Gasteiger partial charge in [0.1, 0.15) is 23.6 Å². The maximum absolute atomic E-state index is 13.2. The van der Waals surface area contributed by atoms with Crippen LogP contribution in [0.15, 0.2) is 35.2 Å². The van der Waals surface area contributed by atoms with Crippen LogP contribution in [0.2, 0.25) is 0 Å². The fraction of sp³-hybridized carbons (Fsp3) is 0.333. The van der Waals surface area contributed by atoms with E-state index in [0.717, 1.165) is 25.3 Å². The maximum atomic E-state index is 13.2. The normalized spacial score (nSPS) is 22.0. The fourth-order valence-corrected chi connectivity index (χ4v) is 3.38. The largest absolute Gasteiger partial charge is 0.453 e. The van der Waals surface area contributed by atoms with Crippen LogP contribution in [0.1, 0.15) is 11.7 Å². The minimum atomic E-state index is -0.316. The van der Waals surface area contributed by atoms with E-state index in [4.69, 9.17) is 4.74 Å². The SMILES string of the molecule is Fc1ccc(Oc2cncnc2C2NCC23CNC3)c(Br)c1. The summed E-state index contributed by atoms with van der Waals surface area (Å²) in [6, 6.07) is 4.48. The molecule has 0 bridgehead atoms. The number of ether oxygens (including phenoxy) is 1. The molecule has 3 heterocycles. The van der Waals surface area contributed by atoms with Crippen molar-refractivity contribution in [2.75, 3.05) is 19.6 Å². The maximum Gasteiger partial charge on any atom is 0.168 e. The molecular weight excluding hydrogens is 351 g/mol. The third kappa shape index (κ3) is 2.20. The first-order chi connectivity index (χ1) is 10.7. The van der Waals surface area contributed by atoms with Crippen LogP contribution in [0.3, 0.4) is 0 Å². The van der Waals surface area contributed by atoms with Crippen LogP contribution in [-0.4, -0.2) is 29.6 Å². The summed E-state index contributed by atoms with van der Waals surface area (Å²) >= 11 is 3.31. The van der Waals surface area contributed by atoms with Crippen molar-refractivity contribution >= 4 is 15.9 Å². The summed E-state index contributed by atoms with van der Waals surface area (Å²) < 4.78 is 19.7. The minimum absolute atomic E-state index is 0.158. The molecule has 2 saturated heterocycles. The second-order valence-electron chi connectivity index (χ2n) is 5.73. The van der Waals surface area contributed by atoms with Gasteiger partial charge in [0.2, 0.25) is 0 Å². The summed E-state index contributed by atoms with van der Waals surface area (Å²) in [5.74, 6) is 0.819. The summed E-state index contributed by atoms with van der Waals surface area (Å²) in [5, 5.41) is 6.74. The topological polar surface area (TPSA) is 59.1 Å². The number of nitrogens with one attached hydrogen (secondary N) is 2. The lowest BCUT2D eigenvalue weighted by atomic mass is 9.67. The average molecular weight is 365 g/mol. The molecule has 1 aromatic carbocycles. The zero-order valence-corrected chi connectivity index (χ0v) is 13.2. The lowest BCUT2D eigenvalue weighted by Gasteiger charge is -2.56. The smallest absolute Gasteiger partial charge is 0.168 e. The number of hydrogen-bond acceptors (Lipinski definition) is 5. The van der Waals surface area contributed by atoms with Crippen molar-refractivity contribution in [3.05, 3.63) is 46.7 Å². The predicted octanol–water partition coefficient (Wildman–Crippen LogP) is 2.40. The van der Waals surface area contributed by atoms with Gasteiger partial charge >= 0.3 is 0 Å². The van der Waals surface area contributed by atoms with Gasteiger partial charge in [-0.1, -0.05) is 0 Å². The summed E-state index contributed by atoms with van der Waals surface area (Å²) in [5.41, 5.74) is 1.07. The van der Waals surface area contributed by atoms with Crippen molar-refractivity contribution in [3.63, 3.8) is 0 Å². The number of nitrogens with zero attached hydrogens (tertiary/aromatic N) is 2. The van der Waals surface area contributed by atoms with E-state index < -0.39 is 0 Å². The molecule has 2 aromatic rings. The first kappa shape index (κ1) is 14.0. The van der Waals surface area contributed by atoms with E-state index in [9.17, 15) is 4.39 Å². The Morgan fingerprint density at radius 2 is 2.14 bits per heavy atom. The Balaban J connectivity index is 1.65. The second-order valence-corrected chi connectivity index (χ2v) is 6.58. The van der Waals surface area contributed by atoms with Crippen molar-refractivity contribution < 1.29 is 9.13 Å². The van der Waals surface area contributed by atoms with Crippen LogP contribution in [0, 0.1) is 11.2 Å². The van der Waals surface area contributed by atoms with Crippen molar-refractivity contribution in [2.45, 2.75) is 6.04 Å². The Kier molecular flexibility index (Phi) is 3.36. The van der Waals surface area contributed by atoms with Crippen LogP contribution in [-0.2, 0) is 0 Å².